The Morgan fingerprint density at radius 2 is 1.88 bits per heavy atom. The third-order valence-electron chi connectivity index (χ3n) is 7.53. The number of ether oxygens (including phenoxy) is 3. The minimum absolute atomic E-state index is 0.0265. The first-order valence-corrected chi connectivity index (χ1v) is 14.2. The van der Waals surface area contributed by atoms with Crippen molar-refractivity contribution in [2.24, 2.45) is 5.92 Å². The molecular weight excluding hydrogens is 534 g/mol. The van der Waals surface area contributed by atoms with Crippen LogP contribution in [0.5, 0.6) is 17.2 Å². The summed E-state index contributed by atoms with van der Waals surface area (Å²) in [6, 6.07) is 18.0. The molecular formula is C33H37N3O6. The van der Waals surface area contributed by atoms with Gasteiger partial charge in [-0.05, 0) is 71.5 Å². The smallest absolute Gasteiger partial charge is 0.258 e. The molecule has 3 aliphatic rings. The highest BCUT2D eigenvalue weighted by Gasteiger charge is 2.38. The van der Waals surface area contributed by atoms with Gasteiger partial charge in [-0.15, -0.1) is 0 Å². The average Bonchev–Trinajstić information content (AvgIpc) is 3.37. The molecule has 220 valence electrons. The first-order valence-electron chi connectivity index (χ1n) is 14.2. The van der Waals surface area contributed by atoms with E-state index in [1.54, 1.807) is 36.3 Å². The van der Waals surface area contributed by atoms with Gasteiger partial charge in [-0.3, -0.25) is 14.4 Å². The van der Waals surface area contributed by atoms with Gasteiger partial charge in [0.2, 0.25) is 5.91 Å². The third kappa shape index (κ3) is 6.67. The fraction of sp³-hybridized carbons (Fsp3) is 0.364. The number of rotatable bonds is 3. The first-order chi connectivity index (χ1) is 20.2. The van der Waals surface area contributed by atoms with Gasteiger partial charge in [0, 0.05) is 25.1 Å². The molecule has 1 saturated heterocycles. The van der Waals surface area contributed by atoms with Crippen LogP contribution < -0.4 is 24.8 Å². The van der Waals surface area contributed by atoms with Gasteiger partial charge in [-0.1, -0.05) is 38.1 Å². The summed E-state index contributed by atoms with van der Waals surface area (Å²) >= 11 is 0. The topological polar surface area (TPSA) is 106 Å². The zero-order chi connectivity index (χ0) is 29.8. The van der Waals surface area contributed by atoms with Gasteiger partial charge in [-0.25, -0.2) is 0 Å². The number of hydrogen-bond donors (Lipinski definition) is 2. The van der Waals surface area contributed by atoms with Crippen LogP contribution in [0.3, 0.4) is 0 Å². The quantitative estimate of drug-likeness (QED) is 0.490. The Hall–Kier alpha value is -4.53. The van der Waals surface area contributed by atoms with Gasteiger partial charge in [0.1, 0.15) is 11.9 Å². The number of fused-ring (bicyclic) bond motifs is 7. The summed E-state index contributed by atoms with van der Waals surface area (Å²) in [4.78, 5) is 40.9. The van der Waals surface area contributed by atoms with Gasteiger partial charge < -0.3 is 29.7 Å². The van der Waals surface area contributed by atoms with Crippen LogP contribution in [0.15, 0.2) is 60.7 Å². The first kappa shape index (κ1) is 29.0. The van der Waals surface area contributed by atoms with E-state index in [2.05, 4.69) is 10.6 Å². The van der Waals surface area contributed by atoms with Gasteiger partial charge in [-0.2, -0.15) is 0 Å². The van der Waals surface area contributed by atoms with Crippen molar-refractivity contribution in [2.45, 2.75) is 45.9 Å². The lowest BCUT2D eigenvalue weighted by molar-refractivity contribution is -0.131. The molecule has 3 aliphatic heterocycles. The zero-order valence-electron chi connectivity index (χ0n) is 24.4. The predicted octanol–water partition coefficient (Wildman–Crippen LogP) is 4.11. The molecule has 3 aromatic rings. The lowest BCUT2D eigenvalue weighted by atomic mass is 9.97. The SMILES string of the molecule is COc1cc2ccc1O[C@H]1CN(C(=O)CC(C)C)C[C@@H]1NC(=O)c1ccc(C)c(c1)-c1cccc(c1)OCC(=O)NC2. The Balaban J connectivity index is 1.51. The Morgan fingerprint density at radius 1 is 1.05 bits per heavy atom. The van der Waals surface area contributed by atoms with E-state index < -0.39 is 12.1 Å². The molecule has 1 fully saturated rings. The van der Waals surface area contributed by atoms with Crippen molar-refractivity contribution in [1.82, 2.24) is 15.5 Å². The summed E-state index contributed by atoms with van der Waals surface area (Å²) < 4.78 is 17.8. The van der Waals surface area contributed by atoms with E-state index in [1.165, 1.54) is 0 Å². The molecule has 6 bridgehead atoms. The molecule has 0 spiro atoms. The standard InChI is InChI=1S/C33H37N3O6/c1-20(2)12-32(38)36-17-27-30(18-36)42-28-11-9-22(13-29(28)40-4)16-34-31(37)19-41-25-7-5-6-23(14-25)26-15-24(33(39)35-27)10-8-21(26)3/h5-11,13-15,20,27,30H,12,16-19H2,1-4H3,(H,34,37)(H,35,39)/t27-,30-/m0/s1. The second-order valence-electron chi connectivity index (χ2n) is 11.2. The van der Waals surface area contributed by atoms with Crippen LogP contribution >= 0.6 is 0 Å². The number of carbonyl (C=O) groups excluding carboxylic acids is 3. The Labute approximate surface area is 246 Å². The highest BCUT2D eigenvalue weighted by molar-refractivity contribution is 5.96. The number of likely N-dealkylation sites (tertiary alicyclic amines) is 1. The van der Waals surface area contributed by atoms with E-state index in [0.717, 1.165) is 22.3 Å². The van der Waals surface area contributed by atoms with Gasteiger partial charge >= 0.3 is 0 Å². The van der Waals surface area contributed by atoms with Crippen LogP contribution in [-0.2, 0) is 16.1 Å². The summed E-state index contributed by atoms with van der Waals surface area (Å²) in [7, 11) is 1.55. The predicted molar refractivity (Wildman–Crippen MR) is 159 cm³/mol. The second kappa shape index (κ2) is 12.5. The molecule has 2 atom stereocenters. The van der Waals surface area contributed by atoms with Crippen LogP contribution in [0.25, 0.3) is 11.1 Å². The molecule has 9 heteroatoms. The van der Waals surface area contributed by atoms with Crippen molar-refractivity contribution >= 4 is 17.7 Å². The lowest BCUT2D eigenvalue weighted by Crippen LogP contribution is -2.45. The fourth-order valence-corrected chi connectivity index (χ4v) is 5.28. The Kier molecular flexibility index (Phi) is 8.66. The van der Waals surface area contributed by atoms with Crippen LogP contribution in [0.1, 0.15) is 41.8 Å². The van der Waals surface area contributed by atoms with E-state index >= 15 is 0 Å². The number of nitrogens with zero attached hydrogens (tertiary/aromatic N) is 1. The number of aryl methyl sites for hydroxylation is 1. The van der Waals surface area contributed by atoms with Crippen LogP contribution in [0.2, 0.25) is 0 Å². The number of carbonyl (C=O) groups is 3. The minimum Gasteiger partial charge on any atom is -0.493 e. The van der Waals surface area contributed by atoms with Gasteiger partial charge in [0.25, 0.3) is 11.8 Å². The summed E-state index contributed by atoms with van der Waals surface area (Å²) in [5.41, 5.74) is 4.05. The second-order valence-corrected chi connectivity index (χ2v) is 11.2. The van der Waals surface area contributed by atoms with Crippen LogP contribution in [0.4, 0.5) is 0 Å². The molecule has 3 aromatic carbocycles. The average molecular weight is 572 g/mol. The highest BCUT2D eigenvalue weighted by Crippen LogP contribution is 2.32. The van der Waals surface area contributed by atoms with Crippen molar-refractivity contribution in [3.63, 3.8) is 0 Å². The maximum atomic E-state index is 13.6. The molecule has 6 rings (SSSR count). The third-order valence-corrected chi connectivity index (χ3v) is 7.53. The van der Waals surface area contributed by atoms with Crippen LogP contribution in [0, 0.1) is 12.8 Å². The van der Waals surface area contributed by atoms with Crippen molar-refractivity contribution < 1.29 is 28.6 Å². The van der Waals surface area contributed by atoms with E-state index in [1.807, 2.05) is 57.2 Å². The van der Waals surface area contributed by atoms with Crippen LogP contribution in [-0.4, -0.2) is 61.6 Å². The molecule has 0 aromatic heterocycles. The summed E-state index contributed by atoms with van der Waals surface area (Å²) in [5, 5.41) is 6.02. The summed E-state index contributed by atoms with van der Waals surface area (Å²) in [6.07, 6.45) is -0.0739. The largest absolute Gasteiger partial charge is 0.493 e. The Bertz CT molecular complexity index is 1490. The van der Waals surface area contributed by atoms with Crippen molar-refractivity contribution in [3.8, 4) is 28.4 Å². The molecule has 2 N–H and O–H groups in total. The molecule has 3 heterocycles. The Morgan fingerprint density at radius 3 is 2.67 bits per heavy atom. The minimum atomic E-state index is -0.492. The zero-order valence-corrected chi connectivity index (χ0v) is 24.4. The van der Waals surface area contributed by atoms with E-state index in [0.29, 0.717) is 42.3 Å². The number of amides is 3. The molecule has 42 heavy (non-hydrogen) atoms. The molecule has 0 unspecified atom stereocenters. The van der Waals surface area contributed by atoms with Crippen molar-refractivity contribution in [2.75, 3.05) is 26.8 Å². The summed E-state index contributed by atoms with van der Waals surface area (Å²) in [5.74, 6) is 1.25. The van der Waals surface area contributed by atoms with E-state index in [-0.39, 0.29) is 36.8 Å². The highest BCUT2D eigenvalue weighted by atomic mass is 16.5. The van der Waals surface area contributed by atoms with E-state index in [4.69, 9.17) is 14.2 Å². The normalized spacial score (nSPS) is 18.8. The summed E-state index contributed by atoms with van der Waals surface area (Å²) in [6.45, 7) is 6.81. The van der Waals surface area contributed by atoms with Crippen molar-refractivity contribution in [3.05, 3.63) is 77.4 Å². The van der Waals surface area contributed by atoms with Gasteiger partial charge in [0.15, 0.2) is 18.1 Å². The molecule has 0 aliphatic carbocycles. The fourth-order valence-electron chi connectivity index (χ4n) is 5.28. The van der Waals surface area contributed by atoms with Gasteiger partial charge in [0.05, 0.1) is 19.7 Å². The monoisotopic (exact) mass is 571 g/mol. The van der Waals surface area contributed by atoms with Crippen molar-refractivity contribution in [1.29, 1.82) is 0 Å². The van der Waals surface area contributed by atoms with E-state index in [9.17, 15) is 14.4 Å². The molecule has 0 radical (unpaired) electrons. The maximum absolute atomic E-state index is 13.6. The lowest BCUT2D eigenvalue weighted by Gasteiger charge is -2.23. The number of methoxy groups -OCH3 is 1. The molecule has 0 saturated carbocycles. The number of benzene rings is 3. The maximum Gasteiger partial charge on any atom is 0.258 e. The number of nitrogens with one attached hydrogen (secondary N) is 2. The number of hydrogen-bond acceptors (Lipinski definition) is 6. The molecule has 3 amide bonds. The molecule has 9 nitrogen and oxygen atoms in total.